The largest absolute Gasteiger partial charge is 0.355 e. The maximum atomic E-state index is 11.8. The minimum absolute atomic E-state index is 0.0123. The van der Waals surface area contributed by atoms with Gasteiger partial charge in [-0.25, -0.2) is 0 Å². The molecule has 124 valence electrons. The Balaban J connectivity index is 1.65. The van der Waals surface area contributed by atoms with E-state index < -0.39 is 5.91 Å². The highest BCUT2D eigenvalue weighted by Gasteiger charge is 2.22. The van der Waals surface area contributed by atoms with E-state index in [9.17, 15) is 14.4 Å². The summed E-state index contributed by atoms with van der Waals surface area (Å²) in [4.78, 5) is 35.2. The van der Waals surface area contributed by atoms with Crippen LogP contribution in [0.25, 0.3) is 0 Å². The van der Waals surface area contributed by atoms with Gasteiger partial charge in [-0.3, -0.25) is 25.2 Å². The molecule has 0 unspecified atom stereocenters. The summed E-state index contributed by atoms with van der Waals surface area (Å²) in [5, 5.41) is 3.20. The van der Waals surface area contributed by atoms with E-state index in [2.05, 4.69) is 16.2 Å². The molecule has 3 N–H and O–H groups in total. The number of carbonyl (C=O) groups is 3. The number of hydrogen-bond acceptors (Lipinski definition) is 3. The third-order valence-corrected chi connectivity index (χ3v) is 4.01. The minimum atomic E-state index is -0.448. The number of amides is 3. The summed E-state index contributed by atoms with van der Waals surface area (Å²) in [5.74, 6) is -0.721. The fraction of sp³-hybridized carbons (Fsp3) is 0.438. The standard InChI is InChI=1S/C16H20ClN3O3/c17-13-7-3-6-12(10-13)16(23)20-19-14(21)8-9-18-15(22)11-4-1-2-5-11/h3,6-7,10-11H,1-2,4-5,8-9H2,(H,18,22)(H,19,21)(H,20,23). The Morgan fingerprint density at radius 2 is 1.87 bits per heavy atom. The van der Waals surface area contributed by atoms with Crippen molar-refractivity contribution in [3.63, 3.8) is 0 Å². The van der Waals surface area contributed by atoms with E-state index in [4.69, 9.17) is 11.6 Å². The Morgan fingerprint density at radius 3 is 2.57 bits per heavy atom. The summed E-state index contributed by atoms with van der Waals surface area (Å²) in [6, 6.07) is 6.40. The quantitative estimate of drug-likeness (QED) is 0.716. The smallest absolute Gasteiger partial charge is 0.269 e. The molecular weight excluding hydrogens is 318 g/mol. The highest BCUT2D eigenvalue weighted by Crippen LogP contribution is 2.24. The third kappa shape index (κ3) is 5.56. The molecule has 7 heteroatoms. The Hall–Kier alpha value is -2.08. The number of benzene rings is 1. The number of rotatable bonds is 5. The van der Waals surface area contributed by atoms with Gasteiger partial charge in [-0.05, 0) is 31.0 Å². The zero-order chi connectivity index (χ0) is 16.7. The van der Waals surface area contributed by atoms with Crippen LogP contribution in [0.15, 0.2) is 24.3 Å². The van der Waals surface area contributed by atoms with Crippen molar-refractivity contribution in [2.45, 2.75) is 32.1 Å². The molecule has 0 atom stereocenters. The SMILES string of the molecule is O=C(CCNC(=O)C1CCCC1)NNC(=O)c1cccc(Cl)c1. The summed E-state index contributed by atoms with van der Waals surface area (Å²) in [6.07, 6.45) is 4.14. The van der Waals surface area contributed by atoms with Crippen LogP contribution in [0.5, 0.6) is 0 Å². The summed E-state index contributed by atoms with van der Waals surface area (Å²) in [6.45, 7) is 0.258. The number of carbonyl (C=O) groups excluding carboxylic acids is 3. The summed E-state index contributed by atoms with van der Waals surface area (Å²) >= 11 is 5.80. The minimum Gasteiger partial charge on any atom is -0.355 e. The molecule has 0 radical (unpaired) electrons. The van der Waals surface area contributed by atoms with Gasteiger partial charge in [0, 0.05) is 29.5 Å². The monoisotopic (exact) mass is 337 g/mol. The second kappa shape index (κ2) is 8.53. The molecule has 0 spiro atoms. The Morgan fingerprint density at radius 1 is 1.13 bits per heavy atom. The predicted molar refractivity (Wildman–Crippen MR) is 86.6 cm³/mol. The molecule has 0 aromatic heterocycles. The Bertz CT molecular complexity index is 586. The normalized spacial score (nSPS) is 14.3. The van der Waals surface area contributed by atoms with Crippen LogP contribution in [0.2, 0.25) is 5.02 Å². The molecule has 23 heavy (non-hydrogen) atoms. The van der Waals surface area contributed by atoms with Crippen LogP contribution in [-0.4, -0.2) is 24.3 Å². The van der Waals surface area contributed by atoms with E-state index in [-0.39, 0.29) is 30.7 Å². The first-order valence-electron chi connectivity index (χ1n) is 7.69. The van der Waals surface area contributed by atoms with E-state index in [1.165, 1.54) is 6.07 Å². The van der Waals surface area contributed by atoms with Crippen molar-refractivity contribution >= 4 is 29.3 Å². The van der Waals surface area contributed by atoms with Gasteiger partial charge in [0.05, 0.1) is 0 Å². The lowest BCUT2D eigenvalue weighted by atomic mass is 10.1. The average molecular weight is 338 g/mol. The van der Waals surface area contributed by atoms with Crippen molar-refractivity contribution < 1.29 is 14.4 Å². The molecule has 0 heterocycles. The first kappa shape index (κ1) is 17.3. The average Bonchev–Trinajstić information content (AvgIpc) is 3.07. The van der Waals surface area contributed by atoms with Gasteiger partial charge in [-0.2, -0.15) is 0 Å². The first-order chi connectivity index (χ1) is 11.1. The van der Waals surface area contributed by atoms with Crippen LogP contribution in [0.1, 0.15) is 42.5 Å². The highest BCUT2D eigenvalue weighted by molar-refractivity contribution is 6.30. The molecule has 1 saturated carbocycles. The third-order valence-electron chi connectivity index (χ3n) is 3.78. The second-order valence-corrected chi connectivity index (χ2v) is 5.97. The van der Waals surface area contributed by atoms with Gasteiger partial charge in [0.25, 0.3) is 5.91 Å². The molecule has 0 aliphatic heterocycles. The molecular formula is C16H20ClN3O3. The second-order valence-electron chi connectivity index (χ2n) is 5.54. The maximum absolute atomic E-state index is 11.8. The zero-order valence-corrected chi connectivity index (χ0v) is 13.5. The topological polar surface area (TPSA) is 87.3 Å². The zero-order valence-electron chi connectivity index (χ0n) is 12.7. The van der Waals surface area contributed by atoms with Gasteiger partial charge < -0.3 is 5.32 Å². The number of nitrogens with one attached hydrogen (secondary N) is 3. The van der Waals surface area contributed by atoms with E-state index >= 15 is 0 Å². The van der Waals surface area contributed by atoms with Gasteiger partial charge in [0.2, 0.25) is 11.8 Å². The molecule has 3 amide bonds. The molecule has 0 bridgehead atoms. The van der Waals surface area contributed by atoms with Crippen molar-refractivity contribution in [3.05, 3.63) is 34.9 Å². The maximum Gasteiger partial charge on any atom is 0.269 e. The Labute approximate surface area is 139 Å². The van der Waals surface area contributed by atoms with Crippen LogP contribution >= 0.6 is 11.6 Å². The van der Waals surface area contributed by atoms with Crippen molar-refractivity contribution in [1.29, 1.82) is 0 Å². The molecule has 1 aromatic rings. The first-order valence-corrected chi connectivity index (χ1v) is 8.06. The van der Waals surface area contributed by atoms with E-state index in [1.54, 1.807) is 18.2 Å². The van der Waals surface area contributed by atoms with Gasteiger partial charge in [-0.1, -0.05) is 30.5 Å². The van der Waals surface area contributed by atoms with Gasteiger partial charge in [0.1, 0.15) is 0 Å². The Kier molecular flexibility index (Phi) is 6.40. The van der Waals surface area contributed by atoms with Gasteiger partial charge in [-0.15, -0.1) is 0 Å². The van der Waals surface area contributed by atoms with Crippen LogP contribution < -0.4 is 16.2 Å². The molecule has 1 aliphatic rings. The summed E-state index contributed by atoms with van der Waals surface area (Å²) < 4.78 is 0. The summed E-state index contributed by atoms with van der Waals surface area (Å²) in [5.41, 5.74) is 4.97. The number of halogens is 1. The van der Waals surface area contributed by atoms with E-state index in [0.717, 1.165) is 25.7 Å². The van der Waals surface area contributed by atoms with Crippen LogP contribution in [0, 0.1) is 5.92 Å². The molecule has 1 aromatic carbocycles. The van der Waals surface area contributed by atoms with Gasteiger partial charge >= 0.3 is 0 Å². The van der Waals surface area contributed by atoms with Crippen molar-refractivity contribution in [2.75, 3.05) is 6.54 Å². The summed E-state index contributed by atoms with van der Waals surface area (Å²) in [7, 11) is 0. The van der Waals surface area contributed by atoms with E-state index in [0.29, 0.717) is 10.6 Å². The van der Waals surface area contributed by atoms with Crippen molar-refractivity contribution in [1.82, 2.24) is 16.2 Å². The number of hydrazine groups is 1. The molecule has 1 aliphatic carbocycles. The molecule has 6 nitrogen and oxygen atoms in total. The number of hydrogen-bond donors (Lipinski definition) is 3. The van der Waals surface area contributed by atoms with Crippen molar-refractivity contribution in [3.8, 4) is 0 Å². The lowest BCUT2D eigenvalue weighted by Gasteiger charge is -2.11. The fourth-order valence-electron chi connectivity index (χ4n) is 2.52. The molecule has 0 saturated heterocycles. The predicted octanol–water partition coefficient (Wildman–Crippen LogP) is 1.80. The van der Waals surface area contributed by atoms with Crippen molar-refractivity contribution in [2.24, 2.45) is 5.92 Å². The lowest BCUT2D eigenvalue weighted by Crippen LogP contribution is -2.43. The van der Waals surface area contributed by atoms with Crippen LogP contribution in [0.3, 0.4) is 0 Å². The fourth-order valence-corrected chi connectivity index (χ4v) is 2.71. The van der Waals surface area contributed by atoms with Crippen LogP contribution in [0.4, 0.5) is 0 Å². The highest BCUT2D eigenvalue weighted by atomic mass is 35.5. The molecule has 1 fully saturated rings. The van der Waals surface area contributed by atoms with Crippen LogP contribution in [-0.2, 0) is 9.59 Å². The van der Waals surface area contributed by atoms with E-state index in [1.807, 2.05) is 0 Å². The lowest BCUT2D eigenvalue weighted by molar-refractivity contribution is -0.125. The molecule has 2 rings (SSSR count). The van der Waals surface area contributed by atoms with Gasteiger partial charge in [0.15, 0.2) is 0 Å².